The van der Waals surface area contributed by atoms with Crippen LogP contribution in [-0.4, -0.2) is 36.5 Å². The summed E-state index contributed by atoms with van der Waals surface area (Å²) in [5.74, 6) is 0.306. The number of amides is 1. The van der Waals surface area contributed by atoms with Gasteiger partial charge in [-0.3, -0.25) is 9.69 Å². The Kier molecular flexibility index (Phi) is 1.83. The van der Waals surface area contributed by atoms with Crippen LogP contribution in [0.25, 0.3) is 0 Å². The highest BCUT2D eigenvalue weighted by Gasteiger charge is 2.39. The van der Waals surface area contributed by atoms with E-state index in [2.05, 4.69) is 4.74 Å². The Bertz CT molecular complexity index is 285. The molecule has 1 fully saturated rings. The van der Waals surface area contributed by atoms with Crippen molar-refractivity contribution in [3.05, 3.63) is 12.2 Å². The number of fused-ring (bicyclic) bond motifs is 2. The van der Waals surface area contributed by atoms with Crippen LogP contribution in [0.15, 0.2) is 12.2 Å². The molecule has 2 bridgehead atoms. The first-order valence-corrected chi connectivity index (χ1v) is 4.28. The van der Waals surface area contributed by atoms with E-state index in [9.17, 15) is 9.59 Å². The van der Waals surface area contributed by atoms with Gasteiger partial charge in [0.25, 0.3) is 0 Å². The van der Waals surface area contributed by atoms with E-state index in [4.69, 9.17) is 0 Å². The van der Waals surface area contributed by atoms with Crippen molar-refractivity contribution < 1.29 is 14.3 Å². The third kappa shape index (κ3) is 1.22. The molecule has 0 radical (unpaired) electrons. The number of rotatable bonds is 0. The summed E-state index contributed by atoms with van der Waals surface area (Å²) in [7, 11) is 1.33. The van der Waals surface area contributed by atoms with Gasteiger partial charge in [0.1, 0.15) is 6.04 Å². The quantitative estimate of drug-likeness (QED) is 0.513. The SMILES string of the molecule is COC(=O)N1CC2C=CC1C(=O)C2. The molecule has 0 N–H and O–H groups in total. The predicted molar refractivity (Wildman–Crippen MR) is 45.2 cm³/mol. The minimum Gasteiger partial charge on any atom is -0.453 e. The van der Waals surface area contributed by atoms with E-state index < -0.39 is 6.09 Å². The van der Waals surface area contributed by atoms with Crippen molar-refractivity contribution in [1.29, 1.82) is 0 Å². The topological polar surface area (TPSA) is 46.6 Å². The summed E-state index contributed by atoms with van der Waals surface area (Å²) in [6.07, 6.45) is 3.95. The molecule has 1 aliphatic carbocycles. The fraction of sp³-hybridized carbons (Fsp3) is 0.556. The van der Waals surface area contributed by atoms with E-state index in [0.717, 1.165) is 0 Å². The summed E-state index contributed by atoms with van der Waals surface area (Å²) < 4.78 is 4.59. The lowest BCUT2D eigenvalue weighted by molar-refractivity contribution is -0.126. The Morgan fingerprint density at radius 2 is 2.38 bits per heavy atom. The third-order valence-electron chi connectivity index (χ3n) is 2.53. The molecule has 0 aromatic rings. The number of hydrogen-bond acceptors (Lipinski definition) is 3. The Morgan fingerprint density at radius 1 is 1.62 bits per heavy atom. The number of hydrogen-bond donors (Lipinski definition) is 0. The molecule has 0 aromatic carbocycles. The molecule has 3 rings (SSSR count). The van der Waals surface area contributed by atoms with E-state index in [-0.39, 0.29) is 17.7 Å². The molecule has 2 heterocycles. The van der Waals surface area contributed by atoms with E-state index in [1.807, 2.05) is 6.08 Å². The average Bonchev–Trinajstić information content (AvgIpc) is 2.17. The number of ketones is 1. The van der Waals surface area contributed by atoms with Gasteiger partial charge in [0.05, 0.1) is 7.11 Å². The Hall–Kier alpha value is -1.32. The van der Waals surface area contributed by atoms with Crippen LogP contribution in [0, 0.1) is 5.92 Å². The second-order valence-corrected chi connectivity index (χ2v) is 3.38. The van der Waals surface area contributed by atoms with E-state index >= 15 is 0 Å². The van der Waals surface area contributed by atoms with Crippen LogP contribution in [0.3, 0.4) is 0 Å². The Balaban J connectivity index is 2.21. The van der Waals surface area contributed by atoms with Crippen molar-refractivity contribution in [2.45, 2.75) is 12.5 Å². The second-order valence-electron chi connectivity index (χ2n) is 3.38. The van der Waals surface area contributed by atoms with Crippen molar-refractivity contribution in [2.75, 3.05) is 13.7 Å². The minimum absolute atomic E-state index is 0.115. The number of nitrogens with zero attached hydrogens (tertiary/aromatic N) is 1. The molecule has 0 aromatic heterocycles. The largest absolute Gasteiger partial charge is 0.453 e. The van der Waals surface area contributed by atoms with Gasteiger partial charge in [-0.05, 0) is 0 Å². The van der Waals surface area contributed by atoms with Crippen LogP contribution < -0.4 is 0 Å². The fourth-order valence-electron chi connectivity index (χ4n) is 1.89. The molecule has 2 unspecified atom stereocenters. The summed E-state index contributed by atoms with van der Waals surface area (Å²) in [6.45, 7) is 0.611. The molecule has 70 valence electrons. The minimum atomic E-state index is -0.410. The molecule has 1 saturated heterocycles. The lowest BCUT2D eigenvalue weighted by Crippen LogP contribution is -2.53. The lowest BCUT2D eigenvalue weighted by Gasteiger charge is -2.38. The van der Waals surface area contributed by atoms with Gasteiger partial charge in [0.15, 0.2) is 5.78 Å². The first kappa shape index (κ1) is 8.29. The van der Waals surface area contributed by atoms with E-state index in [1.165, 1.54) is 12.0 Å². The van der Waals surface area contributed by atoms with Gasteiger partial charge < -0.3 is 4.74 Å². The van der Waals surface area contributed by atoms with Gasteiger partial charge in [-0.1, -0.05) is 12.2 Å². The van der Waals surface area contributed by atoms with Gasteiger partial charge in [-0.15, -0.1) is 0 Å². The molecular weight excluding hydrogens is 170 g/mol. The normalized spacial score (nSPS) is 30.8. The maximum atomic E-state index is 11.4. The molecule has 1 amide bonds. The lowest BCUT2D eigenvalue weighted by atomic mass is 9.85. The Labute approximate surface area is 76.2 Å². The van der Waals surface area contributed by atoms with Crippen molar-refractivity contribution in [2.24, 2.45) is 5.92 Å². The van der Waals surface area contributed by atoms with E-state index in [1.54, 1.807) is 6.08 Å². The van der Waals surface area contributed by atoms with Gasteiger partial charge in [0.2, 0.25) is 0 Å². The molecule has 2 atom stereocenters. The van der Waals surface area contributed by atoms with Gasteiger partial charge in [0, 0.05) is 18.9 Å². The van der Waals surface area contributed by atoms with Gasteiger partial charge >= 0.3 is 6.09 Å². The molecule has 3 aliphatic rings. The average molecular weight is 181 g/mol. The molecule has 13 heavy (non-hydrogen) atoms. The molecule has 4 nitrogen and oxygen atoms in total. The highest BCUT2D eigenvalue weighted by Crippen LogP contribution is 2.27. The number of carbonyl (C=O) groups excluding carboxylic acids is 2. The zero-order chi connectivity index (χ0) is 9.42. The maximum Gasteiger partial charge on any atom is 0.410 e. The van der Waals surface area contributed by atoms with Crippen LogP contribution in [0.1, 0.15) is 6.42 Å². The van der Waals surface area contributed by atoms with Crippen LogP contribution in [0.5, 0.6) is 0 Å². The first-order valence-electron chi connectivity index (χ1n) is 4.28. The van der Waals surface area contributed by atoms with Crippen LogP contribution in [-0.2, 0) is 9.53 Å². The molecule has 0 spiro atoms. The van der Waals surface area contributed by atoms with E-state index in [0.29, 0.717) is 13.0 Å². The monoisotopic (exact) mass is 181 g/mol. The molecule has 0 saturated carbocycles. The number of methoxy groups -OCH3 is 1. The number of piperidine rings is 1. The summed E-state index contributed by atoms with van der Waals surface area (Å²) in [5.41, 5.74) is 0. The van der Waals surface area contributed by atoms with Crippen LogP contribution >= 0.6 is 0 Å². The van der Waals surface area contributed by atoms with Crippen LogP contribution in [0.4, 0.5) is 4.79 Å². The van der Waals surface area contributed by atoms with Gasteiger partial charge in [-0.25, -0.2) is 4.79 Å². The molecule has 4 heteroatoms. The summed E-state index contributed by atoms with van der Waals surface area (Å²) in [4.78, 5) is 24.1. The van der Waals surface area contributed by atoms with Crippen molar-refractivity contribution in [3.8, 4) is 0 Å². The number of ether oxygens (including phenoxy) is 1. The summed E-state index contributed by atoms with van der Waals surface area (Å²) >= 11 is 0. The highest BCUT2D eigenvalue weighted by molar-refractivity contribution is 5.91. The third-order valence-corrected chi connectivity index (χ3v) is 2.53. The second kappa shape index (κ2) is 2.87. The number of carbonyl (C=O) groups is 2. The number of Topliss-reactive ketones (excluding diaryl/α,β-unsaturated/α-hetero) is 1. The Morgan fingerprint density at radius 3 is 2.92 bits per heavy atom. The van der Waals surface area contributed by atoms with Crippen molar-refractivity contribution in [1.82, 2.24) is 4.90 Å². The molecular formula is C9H11NO3. The van der Waals surface area contributed by atoms with Crippen molar-refractivity contribution in [3.63, 3.8) is 0 Å². The molecule has 2 aliphatic heterocycles. The summed E-state index contributed by atoms with van der Waals surface area (Å²) in [5, 5.41) is 0. The summed E-state index contributed by atoms with van der Waals surface area (Å²) in [6, 6.07) is -0.377. The predicted octanol–water partition coefficient (Wildman–Crippen LogP) is 0.582. The zero-order valence-corrected chi connectivity index (χ0v) is 7.40. The zero-order valence-electron chi connectivity index (χ0n) is 7.40. The highest BCUT2D eigenvalue weighted by atomic mass is 16.5. The van der Waals surface area contributed by atoms with Gasteiger partial charge in [-0.2, -0.15) is 0 Å². The maximum absolute atomic E-state index is 11.4. The standard InChI is InChI=1S/C9H11NO3/c1-13-9(12)10-5-6-2-3-7(10)8(11)4-6/h2-3,6-7H,4-5H2,1H3. The van der Waals surface area contributed by atoms with Crippen LogP contribution in [0.2, 0.25) is 0 Å². The first-order chi connectivity index (χ1) is 6.22. The fourth-order valence-corrected chi connectivity index (χ4v) is 1.89. The van der Waals surface area contributed by atoms with Crippen molar-refractivity contribution >= 4 is 11.9 Å². The smallest absolute Gasteiger partial charge is 0.410 e.